The van der Waals surface area contributed by atoms with Crippen molar-refractivity contribution in [1.29, 1.82) is 0 Å². The Bertz CT molecular complexity index is 1110. The summed E-state index contributed by atoms with van der Waals surface area (Å²) in [6.45, 7) is 5.44. The van der Waals surface area contributed by atoms with Crippen LogP contribution >= 0.6 is 23.2 Å². The summed E-state index contributed by atoms with van der Waals surface area (Å²) in [5.74, 6) is -0.762. The van der Waals surface area contributed by atoms with Gasteiger partial charge in [0, 0.05) is 17.6 Å². The van der Waals surface area contributed by atoms with Gasteiger partial charge in [0.1, 0.15) is 12.6 Å². The third kappa shape index (κ3) is 8.40. The van der Waals surface area contributed by atoms with Gasteiger partial charge in [-0.2, -0.15) is 0 Å². The van der Waals surface area contributed by atoms with Crippen molar-refractivity contribution in [2.45, 2.75) is 52.1 Å². The van der Waals surface area contributed by atoms with E-state index in [0.29, 0.717) is 17.9 Å². The molecule has 0 aliphatic heterocycles. The standard InChI is InChI=1S/C25H33Cl2N3O4S/c1-5-18(3)28-25(32)22(6-2)29(15-14-19-10-8-7-9-11-19)24(31)17-30(35(4,33)34)23-13-12-20(26)16-21(23)27/h7-13,16,18,22H,5-6,14-15,17H2,1-4H3,(H,28,32)/t18-,22+/m1/s1. The van der Waals surface area contributed by atoms with E-state index in [0.717, 1.165) is 22.5 Å². The molecule has 10 heteroatoms. The number of amides is 2. The van der Waals surface area contributed by atoms with Crippen LogP contribution in [0.2, 0.25) is 10.0 Å². The zero-order valence-corrected chi connectivity index (χ0v) is 22.8. The number of nitrogens with zero attached hydrogens (tertiary/aromatic N) is 2. The summed E-state index contributed by atoms with van der Waals surface area (Å²) in [7, 11) is -3.87. The Balaban J connectivity index is 2.39. The number of halogens is 2. The van der Waals surface area contributed by atoms with Crippen molar-refractivity contribution in [3.05, 3.63) is 64.1 Å². The molecule has 0 radical (unpaired) electrons. The second-order valence-electron chi connectivity index (χ2n) is 8.43. The minimum Gasteiger partial charge on any atom is -0.352 e. The molecule has 2 rings (SSSR count). The molecule has 1 N–H and O–H groups in total. The maximum Gasteiger partial charge on any atom is 0.244 e. The van der Waals surface area contributed by atoms with Crippen LogP contribution in [0.15, 0.2) is 48.5 Å². The molecule has 0 unspecified atom stereocenters. The second-order valence-corrected chi connectivity index (χ2v) is 11.2. The summed E-state index contributed by atoms with van der Waals surface area (Å²) in [5.41, 5.74) is 1.15. The molecule has 192 valence electrons. The molecule has 2 amide bonds. The van der Waals surface area contributed by atoms with Crippen LogP contribution in [0, 0.1) is 0 Å². The molecule has 0 spiro atoms. The van der Waals surface area contributed by atoms with Crippen molar-refractivity contribution in [2.75, 3.05) is 23.7 Å². The monoisotopic (exact) mass is 541 g/mol. The topological polar surface area (TPSA) is 86.8 Å². The highest BCUT2D eigenvalue weighted by Crippen LogP contribution is 2.30. The number of nitrogens with one attached hydrogen (secondary N) is 1. The van der Waals surface area contributed by atoms with Gasteiger partial charge in [0.05, 0.1) is 17.0 Å². The molecular weight excluding hydrogens is 509 g/mol. The van der Waals surface area contributed by atoms with Gasteiger partial charge in [-0.1, -0.05) is 67.4 Å². The highest BCUT2D eigenvalue weighted by molar-refractivity contribution is 7.92. The van der Waals surface area contributed by atoms with E-state index in [1.165, 1.54) is 23.1 Å². The van der Waals surface area contributed by atoms with Crippen molar-refractivity contribution >= 4 is 50.7 Å². The lowest BCUT2D eigenvalue weighted by molar-refractivity contribution is -0.139. The Morgan fingerprint density at radius 3 is 2.23 bits per heavy atom. The highest BCUT2D eigenvalue weighted by Gasteiger charge is 2.32. The molecular formula is C25H33Cl2N3O4S. The third-order valence-corrected chi connectivity index (χ3v) is 7.39. The Morgan fingerprint density at radius 2 is 1.69 bits per heavy atom. The van der Waals surface area contributed by atoms with E-state index in [4.69, 9.17) is 23.2 Å². The number of hydrogen-bond donors (Lipinski definition) is 1. The van der Waals surface area contributed by atoms with Crippen LogP contribution in [0.5, 0.6) is 0 Å². The van der Waals surface area contributed by atoms with Crippen LogP contribution in [0.1, 0.15) is 39.2 Å². The second kappa shape index (κ2) is 13.1. The summed E-state index contributed by atoms with van der Waals surface area (Å²) in [6.07, 6.45) is 2.65. The van der Waals surface area contributed by atoms with Crippen molar-refractivity contribution in [3.8, 4) is 0 Å². The van der Waals surface area contributed by atoms with E-state index in [9.17, 15) is 18.0 Å². The number of carbonyl (C=O) groups excluding carboxylic acids is 2. The normalized spacial score (nSPS) is 13.1. The largest absolute Gasteiger partial charge is 0.352 e. The van der Waals surface area contributed by atoms with Gasteiger partial charge in [0.15, 0.2) is 0 Å². The minimum atomic E-state index is -3.87. The Hall–Kier alpha value is -2.29. The zero-order chi connectivity index (χ0) is 26.2. The molecule has 2 aromatic rings. The molecule has 0 fully saturated rings. The summed E-state index contributed by atoms with van der Waals surface area (Å²) in [6, 6.07) is 13.2. The molecule has 0 aliphatic rings. The number of carbonyl (C=O) groups is 2. The van der Waals surface area contributed by atoms with Gasteiger partial charge in [-0.15, -0.1) is 0 Å². The highest BCUT2D eigenvalue weighted by atomic mass is 35.5. The van der Waals surface area contributed by atoms with Gasteiger partial charge in [-0.3, -0.25) is 13.9 Å². The molecule has 0 heterocycles. The predicted molar refractivity (Wildman–Crippen MR) is 142 cm³/mol. The number of anilines is 1. The van der Waals surface area contributed by atoms with Crippen LogP contribution < -0.4 is 9.62 Å². The maximum absolute atomic E-state index is 13.6. The van der Waals surface area contributed by atoms with Crippen molar-refractivity contribution < 1.29 is 18.0 Å². The number of hydrogen-bond acceptors (Lipinski definition) is 4. The molecule has 2 atom stereocenters. The SMILES string of the molecule is CC[C@@H](C)NC(=O)[C@H](CC)N(CCc1ccccc1)C(=O)CN(c1ccc(Cl)cc1Cl)S(C)(=O)=O. The average molecular weight is 543 g/mol. The Labute approximate surface area is 218 Å². The molecule has 2 aromatic carbocycles. The van der Waals surface area contributed by atoms with Gasteiger partial charge in [-0.05, 0) is 49.9 Å². The fourth-order valence-electron chi connectivity index (χ4n) is 3.62. The summed E-state index contributed by atoms with van der Waals surface area (Å²) < 4.78 is 26.2. The van der Waals surface area contributed by atoms with Crippen molar-refractivity contribution in [2.24, 2.45) is 0 Å². The first-order chi connectivity index (χ1) is 16.5. The van der Waals surface area contributed by atoms with Crippen LogP contribution in [0.3, 0.4) is 0 Å². The zero-order valence-electron chi connectivity index (χ0n) is 20.5. The molecule has 0 bridgehead atoms. The van der Waals surface area contributed by atoms with Crippen molar-refractivity contribution in [3.63, 3.8) is 0 Å². The first-order valence-electron chi connectivity index (χ1n) is 11.5. The third-order valence-electron chi connectivity index (χ3n) is 5.73. The van der Waals surface area contributed by atoms with E-state index < -0.39 is 28.5 Å². The Kier molecular flexibility index (Phi) is 10.9. The van der Waals surface area contributed by atoms with Crippen LogP contribution in [-0.4, -0.2) is 56.6 Å². The summed E-state index contributed by atoms with van der Waals surface area (Å²) in [5, 5.41) is 3.39. The first kappa shape index (κ1) is 28.9. The average Bonchev–Trinajstić information content (AvgIpc) is 2.80. The van der Waals surface area contributed by atoms with Crippen molar-refractivity contribution in [1.82, 2.24) is 10.2 Å². The van der Waals surface area contributed by atoms with E-state index in [1.807, 2.05) is 51.1 Å². The lowest BCUT2D eigenvalue weighted by atomic mass is 10.1. The molecule has 0 aliphatic carbocycles. The molecule has 0 saturated carbocycles. The fourth-order valence-corrected chi connectivity index (χ4v) is 5.04. The molecule has 35 heavy (non-hydrogen) atoms. The smallest absolute Gasteiger partial charge is 0.244 e. The number of benzene rings is 2. The lowest BCUT2D eigenvalue weighted by Gasteiger charge is -2.33. The molecule has 0 aromatic heterocycles. The van der Waals surface area contributed by atoms with Crippen LogP contribution in [0.25, 0.3) is 0 Å². The predicted octanol–water partition coefficient (Wildman–Crippen LogP) is 4.52. The van der Waals surface area contributed by atoms with Crippen LogP contribution in [-0.2, 0) is 26.0 Å². The fraction of sp³-hybridized carbons (Fsp3) is 0.440. The van der Waals surface area contributed by atoms with E-state index in [2.05, 4.69) is 5.32 Å². The summed E-state index contributed by atoms with van der Waals surface area (Å²) >= 11 is 12.2. The number of sulfonamides is 1. The molecule has 7 nitrogen and oxygen atoms in total. The minimum absolute atomic E-state index is 0.0528. The molecule has 0 saturated heterocycles. The summed E-state index contributed by atoms with van der Waals surface area (Å²) in [4.78, 5) is 28.1. The number of rotatable bonds is 12. The first-order valence-corrected chi connectivity index (χ1v) is 14.1. The van der Waals surface area contributed by atoms with Gasteiger partial charge in [0.25, 0.3) is 0 Å². The lowest BCUT2D eigenvalue weighted by Crippen LogP contribution is -2.54. The van der Waals surface area contributed by atoms with Gasteiger partial charge in [0.2, 0.25) is 21.8 Å². The van der Waals surface area contributed by atoms with Crippen LogP contribution in [0.4, 0.5) is 5.69 Å². The van der Waals surface area contributed by atoms with Gasteiger partial charge < -0.3 is 10.2 Å². The van der Waals surface area contributed by atoms with Gasteiger partial charge >= 0.3 is 0 Å². The van der Waals surface area contributed by atoms with Gasteiger partial charge in [-0.25, -0.2) is 8.42 Å². The van der Waals surface area contributed by atoms with E-state index in [-0.39, 0.29) is 29.2 Å². The van der Waals surface area contributed by atoms with E-state index >= 15 is 0 Å². The quantitative estimate of drug-likeness (QED) is 0.427. The Morgan fingerprint density at radius 1 is 1.03 bits per heavy atom. The maximum atomic E-state index is 13.6. The van der Waals surface area contributed by atoms with E-state index in [1.54, 1.807) is 0 Å².